The quantitative estimate of drug-likeness (QED) is 0.668. The van der Waals surface area contributed by atoms with Crippen molar-refractivity contribution in [3.63, 3.8) is 0 Å². The SMILES string of the molecule is CC(C)COC(=O)N[C@@H](CC(N)=O)C(=O)N[C@H](C)c1ccccc1. The van der Waals surface area contributed by atoms with Gasteiger partial charge in [0.25, 0.3) is 0 Å². The molecule has 0 saturated carbocycles. The monoisotopic (exact) mass is 335 g/mol. The van der Waals surface area contributed by atoms with Gasteiger partial charge in [0, 0.05) is 0 Å². The standard InChI is InChI=1S/C17H25N3O4/c1-11(2)10-24-17(23)20-14(9-15(18)21)16(22)19-12(3)13-7-5-4-6-8-13/h4-8,11-12,14H,9-10H2,1-3H3,(H2,18,21)(H,19,22)(H,20,23)/t12-,14+/m1/s1. The van der Waals surface area contributed by atoms with E-state index in [1.807, 2.05) is 51.1 Å². The van der Waals surface area contributed by atoms with Crippen molar-refractivity contribution in [1.29, 1.82) is 0 Å². The number of carbonyl (C=O) groups is 3. The molecule has 2 atom stereocenters. The largest absolute Gasteiger partial charge is 0.449 e. The summed E-state index contributed by atoms with van der Waals surface area (Å²) >= 11 is 0. The first-order chi connectivity index (χ1) is 11.3. The molecule has 1 aromatic carbocycles. The first-order valence-electron chi connectivity index (χ1n) is 7.86. The van der Waals surface area contributed by atoms with Gasteiger partial charge in [0.05, 0.1) is 19.1 Å². The summed E-state index contributed by atoms with van der Waals surface area (Å²) in [4.78, 5) is 35.2. The number of primary amides is 1. The fourth-order valence-corrected chi connectivity index (χ4v) is 1.98. The van der Waals surface area contributed by atoms with Crippen LogP contribution in [0, 0.1) is 5.92 Å². The topological polar surface area (TPSA) is 111 Å². The van der Waals surface area contributed by atoms with Crippen molar-refractivity contribution in [2.24, 2.45) is 11.7 Å². The molecule has 0 heterocycles. The van der Waals surface area contributed by atoms with E-state index in [1.54, 1.807) is 0 Å². The number of hydrogen-bond donors (Lipinski definition) is 3. The molecule has 1 aromatic rings. The summed E-state index contributed by atoms with van der Waals surface area (Å²) in [5, 5.41) is 5.14. The molecular formula is C17H25N3O4. The minimum atomic E-state index is -1.08. The average molecular weight is 335 g/mol. The zero-order valence-electron chi connectivity index (χ0n) is 14.2. The van der Waals surface area contributed by atoms with E-state index < -0.39 is 23.9 Å². The second-order valence-corrected chi connectivity index (χ2v) is 6.00. The number of nitrogens with one attached hydrogen (secondary N) is 2. The summed E-state index contributed by atoms with van der Waals surface area (Å²) in [7, 11) is 0. The fraction of sp³-hybridized carbons (Fsp3) is 0.471. The predicted molar refractivity (Wildman–Crippen MR) is 89.9 cm³/mol. The van der Waals surface area contributed by atoms with Crippen molar-refractivity contribution >= 4 is 17.9 Å². The third-order valence-corrected chi connectivity index (χ3v) is 3.22. The Hall–Kier alpha value is -2.57. The van der Waals surface area contributed by atoms with E-state index in [1.165, 1.54) is 0 Å². The lowest BCUT2D eigenvalue weighted by Gasteiger charge is -2.21. The lowest BCUT2D eigenvalue weighted by molar-refractivity contribution is -0.127. The van der Waals surface area contributed by atoms with Crippen molar-refractivity contribution in [1.82, 2.24) is 10.6 Å². The Labute approximate surface area is 141 Å². The Morgan fingerprint density at radius 3 is 2.25 bits per heavy atom. The molecule has 0 saturated heterocycles. The number of hydrogen-bond acceptors (Lipinski definition) is 4. The molecular weight excluding hydrogens is 310 g/mol. The molecule has 132 valence electrons. The molecule has 7 heteroatoms. The molecule has 0 unspecified atom stereocenters. The highest BCUT2D eigenvalue weighted by Crippen LogP contribution is 2.11. The average Bonchev–Trinajstić information content (AvgIpc) is 2.52. The lowest BCUT2D eigenvalue weighted by atomic mass is 10.1. The maximum absolute atomic E-state index is 12.3. The van der Waals surface area contributed by atoms with E-state index >= 15 is 0 Å². The van der Waals surface area contributed by atoms with E-state index in [-0.39, 0.29) is 25.0 Å². The fourth-order valence-electron chi connectivity index (χ4n) is 1.98. The van der Waals surface area contributed by atoms with Gasteiger partial charge >= 0.3 is 6.09 Å². The van der Waals surface area contributed by atoms with E-state index in [9.17, 15) is 14.4 Å². The molecule has 1 rings (SSSR count). The van der Waals surface area contributed by atoms with Gasteiger partial charge in [-0.25, -0.2) is 4.79 Å². The van der Waals surface area contributed by atoms with Crippen molar-refractivity contribution in [3.8, 4) is 0 Å². The Bertz CT molecular complexity index is 560. The van der Waals surface area contributed by atoms with Gasteiger partial charge in [-0.1, -0.05) is 44.2 Å². The van der Waals surface area contributed by atoms with Crippen LogP contribution in [0.25, 0.3) is 0 Å². The van der Waals surface area contributed by atoms with Crippen LogP contribution in [0.4, 0.5) is 4.79 Å². The Balaban J connectivity index is 2.67. The van der Waals surface area contributed by atoms with Crippen LogP contribution in [-0.4, -0.2) is 30.6 Å². The second kappa shape index (κ2) is 9.54. The summed E-state index contributed by atoms with van der Waals surface area (Å²) in [6.45, 7) is 5.81. The third-order valence-electron chi connectivity index (χ3n) is 3.22. The van der Waals surface area contributed by atoms with Crippen LogP contribution in [0.3, 0.4) is 0 Å². The first-order valence-corrected chi connectivity index (χ1v) is 7.86. The van der Waals surface area contributed by atoms with Crippen LogP contribution < -0.4 is 16.4 Å². The predicted octanol–water partition coefficient (Wildman–Crippen LogP) is 1.49. The van der Waals surface area contributed by atoms with Crippen LogP contribution in [0.5, 0.6) is 0 Å². The van der Waals surface area contributed by atoms with Gasteiger partial charge in [-0.15, -0.1) is 0 Å². The van der Waals surface area contributed by atoms with Gasteiger partial charge in [0.2, 0.25) is 11.8 Å². The summed E-state index contributed by atoms with van der Waals surface area (Å²) in [5.74, 6) is -1.02. The molecule has 7 nitrogen and oxygen atoms in total. The van der Waals surface area contributed by atoms with Crippen molar-refractivity contribution in [2.75, 3.05) is 6.61 Å². The van der Waals surface area contributed by atoms with E-state index in [4.69, 9.17) is 10.5 Å². The van der Waals surface area contributed by atoms with E-state index in [2.05, 4.69) is 10.6 Å². The number of rotatable bonds is 8. The number of carbonyl (C=O) groups excluding carboxylic acids is 3. The number of ether oxygens (including phenoxy) is 1. The Morgan fingerprint density at radius 2 is 1.71 bits per heavy atom. The van der Waals surface area contributed by atoms with Gasteiger partial charge in [-0.05, 0) is 18.4 Å². The molecule has 0 aliphatic rings. The normalized spacial score (nSPS) is 13.0. The highest BCUT2D eigenvalue weighted by Gasteiger charge is 2.25. The highest BCUT2D eigenvalue weighted by molar-refractivity contribution is 5.90. The molecule has 0 radical (unpaired) electrons. The summed E-state index contributed by atoms with van der Waals surface area (Å²) in [6.07, 6.45) is -1.05. The molecule has 4 N–H and O–H groups in total. The van der Waals surface area contributed by atoms with Crippen LogP contribution in [0.1, 0.15) is 38.8 Å². The summed E-state index contributed by atoms with van der Waals surface area (Å²) < 4.78 is 4.97. The lowest BCUT2D eigenvalue weighted by Crippen LogP contribution is -2.49. The van der Waals surface area contributed by atoms with Crippen molar-refractivity contribution in [2.45, 2.75) is 39.3 Å². The molecule has 0 aliphatic heterocycles. The minimum Gasteiger partial charge on any atom is -0.449 e. The van der Waals surface area contributed by atoms with Crippen molar-refractivity contribution in [3.05, 3.63) is 35.9 Å². The van der Waals surface area contributed by atoms with Gasteiger partial charge in [-0.2, -0.15) is 0 Å². The van der Waals surface area contributed by atoms with Gasteiger partial charge in [0.1, 0.15) is 6.04 Å². The highest BCUT2D eigenvalue weighted by atomic mass is 16.5. The van der Waals surface area contributed by atoms with Gasteiger partial charge in [-0.3, -0.25) is 9.59 Å². The Morgan fingerprint density at radius 1 is 1.08 bits per heavy atom. The number of nitrogens with two attached hydrogens (primary N) is 1. The third kappa shape index (κ3) is 7.13. The minimum absolute atomic E-state index is 0.164. The van der Waals surface area contributed by atoms with Gasteiger partial charge < -0.3 is 21.1 Å². The smallest absolute Gasteiger partial charge is 0.407 e. The van der Waals surface area contributed by atoms with Crippen LogP contribution in [-0.2, 0) is 14.3 Å². The van der Waals surface area contributed by atoms with Gasteiger partial charge in [0.15, 0.2) is 0 Å². The number of amides is 3. The van der Waals surface area contributed by atoms with Crippen molar-refractivity contribution < 1.29 is 19.1 Å². The maximum Gasteiger partial charge on any atom is 0.407 e. The number of alkyl carbamates (subject to hydrolysis) is 1. The molecule has 0 aliphatic carbocycles. The van der Waals surface area contributed by atoms with Crippen LogP contribution in [0.2, 0.25) is 0 Å². The second-order valence-electron chi connectivity index (χ2n) is 6.00. The zero-order valence-corrected chi connectivity index (χ0v) is 14.2. The molecule has 0 aromatic heterocycles. The summed E-state index contributed by atoms with van der Waals surface area (Å²) in [6, 6.07) is 7.99. The van der Waals surface area contributed by atoms with Crippen LogP contribution in [0.15, 0.2) is 30.3 Å². The molecule has 0 spiro atoms. The zero-order chi connectivity index (χ0) is 18.1. The maximum atomic E-state index is 12.3. The molecule has 0 fully saturated rings. The van der Waals surface area contributed by atoms with E-state index in [0.29, 0.717) is 0 Å². The molecule has 0 bridgehead atoms. The summed E-state index contributed by atoms with van der Waals surface area (Å²) in [5.41, 5.74) is 6.07. The van der Waals surface area contributed by atoms with E-state index in [0.717, 1.165) is 5.56 Å². The molecule has 24 heavy (non-hydrogen) atoms. The number of benzene rings is 1. The molecule has 3 amide bonds. The first kappa shape index (κ1) is 19.5. The van der Waals surface area contributed by atoms with Crippen LogP contribution >= 0.6 is 0 Å². The Kier molecular flexibility index (Phi) is 7.74.